The Morgan fingerprint density at radius 1 is 1.24 bits per heavy atom. The summed E-state index contributed by atoms with van der Waals surface area (Å²) in [5, 5.41) is 0. The zero-order valence-electron chi connectivity index (χ0n) is 10.6. The summed E-state index contributed by atoms with van der Waals surface area (Å²) in [7, 11) is 0. The van der Waals surface area contributed by atoms with Crippen molar-refractivity contribution in [3.63, 3.8) is 0 Å². The first-order chi connectivity index (χ1) is 8.02. The fourth-order valence-electron chi connectivity index (χ4n) is 2.95. The summed E-state index contributed by atoms with van der Waals surface area (Å²) in [5.74, 6) is 1.62. The van der Waals surface area contributed by atoms with Gasteiger partial charge >= 0.3 is 0 Å². The van der Waals surface area contributed by atoms with Crippen LogP contribution in [0.2, 0.25) is 0 Å². The number of benzene rings is 1. The van der Waals surface area contributed by atoms with E-state index in [1.807, 2.05) is 6.07 Å². The van der Waals surface area contributed by atoms with Gasteiger partial charge in [0.05, 0.1) is 0 Å². The van der Waals surface area contributed by atoms with Crippen molar-refractivity contribution in [2.45, 2.75) is 26.8 Å². The molecule has 1 aliphatic rings. The van der Waals surface area contributed by atoms with Crippen molar-refractivity contribution in [3.05, 3.63) is 28.2 Å². The second-order valence-corrected chi connectivity index (χ2v) is 6.45. The molecule has 2 atom stereocenters. The summed E-state index contributed by atoms with van der Waals surface area (Å²) in [6.45, 7) is 8.11. The SMILES string of the molecule is CC1CC(C)CN(Cc2cc(N)cc(Br)c2)C1. The lowest BCUT2D eigenvalue weighted by molar-refractivity contribution is 0.134. The van der Waals surface area contributed by atoms with Gasteiger partial charge < -0.3 is 5.73 Å². The highest BCUT2D eigenvalue weighted by molar-refractivity contribution is 9.10. The molecule has 1 saturated heterocycles. The average Bonchev–Trinajstić information content (AvgIpc) is 2.13. The summed E-state index contributed by atoms with van der Waals surface area (Å²) in [6.07, 6.45) is 1.36. The number of nitrogens with two attached hydrogens (primary N) is 1. The molecule has 1 aromatic rings. The number of piperidine rings is 1. The number of hydrogen-bond donors (Lipinski definition) is 1. The van der Waals surface area contributed by atoms with E-state index >= 15 is 0 Å². The Labute approximate surface area is 112 Å². The van der Waals surface area contributed by atoms with Crippen LogP contribution < -0.4 is 5.73 Å². The smallest absolute Gasteiger partial charge is 0.0328 e. The van der Waals surface area contributed by atoms with Crippen molar-refractivity contribution in [3.8, 4) is 0 Å². The van der Waals surface area contributed by atoms with Crippen LogP contribution in [0.5, 0.6) is 0 Å². The summed E-state index contributed by atoms with van der Waals surface area (Å²) in [6, 6.07) is 6.19. The van der Waals surface area contributed by atoms with Gasteiger partial charge in [-0.1, -0.05) is 29.8 Å². The Morgan fingerprint density at radius 2 is 1.88 bits per heavy atom. The molecule has 2 nitrogen and oxygen atoms in total. The van der Waals surface area contributed by atoms with Crippen molar-refractivity contribution in [2.75, 3.05) is 18.8 Å². The van der Waals surface area contributed by atoms with Gasteiger partial charge in [-0.2, -0.15) is 0 Å². The van der Waals surface area contributed by atoms with Crippen LogP contribution in [0.3, 0.4) is 0 Å². The Kier molecular flexibility index (Phi) is 4.10. The normalized spacial score (nSPS) is 26.1. The van der Waals surface area contributed by atoms with Crippen LogP contribution in [0.25, 0.3) is 0 Å². The highest BCUT2D eigenvalue weighted by Crippen LogP contribution is 2.24. The lowest BCUT2D eigenvalue weighted by atomic mass is 9.91. The van der Waals surface area contributed by atoms with E-state index in [9.17, 15) is 0 Å². The van der Waals surface area contributed by atoms with Gasteiger partial charge in [0.2, 0.25) is 0 Å². The minimum Gasteiger partial charge on any atom is -0.399 e. The van der Waals surface area contributed by atoms with Gasteiger partial charge in [0.1, 0.15) is 0 Å². The standard InChI is InChI=1S/C14H21BrN2/c1-10-3-11(2)8-17(7-10)9-12-4-13(15)6-14(16)5-12/h4-6,10-11H,3,7-9,16H2,1-2H3. The number of likely N-dealkylation sites (tertiary alicyclic amines) is 1. The van der Waals surface area contributed by atoms with E-state index in [4.69, 9.17) is 5.73 Å². The predicted octanol–water partition coefficient (Wildman–Crippen LogP) is 3.51. The van der Waals surface area contributed by atoms with Gasteiger partial charge in [-0.3, -0.25) is 4.90 Å². The lowest BCUT2D eigenvalue weighted by Gasteiger charge is -2.35. The van der Waals surface area contributed by atoms with Crippen LogP contribution in [0.1, 0.15) is 25.8 Å². The Morgan fingerprint density at radius 3 is 2.47 bits per heavy atom. The van der Waals surface area contributed by atoms with Gasteiger partial charge in [0, 0.05) is 29.8 Å². The van der Waals surface area contributed by atoms with E-state index < -0.39 is 0 Å². The highest BCUT2D eigenvalue weighted by Gasteiger charge is 2.21. The first-order valence-corrected chi connectivity index (χ1v) is 7.09. The molecule has 3 heteroatoms. The first kappa shape index (κ1) is 12.9. The molecule has 1 fully saturated rings. The zero-order valence-corrected chi connectivity index (χ0v) is 12.2. The summed E-state index contributed by atoms with van der Waals surface area (Å²) < 4.78 is 1.07. The van der Waals surface area contributed by atoms with Crippen molar-refractivity contribution >= 4 is 21.6 Å². The zero-order chi connectivity index (χ0) is 12.4. The molecule has 1 heterocycles. The molecule has 2 unspecified atom stereocenters. The Hall–Kier alpha value is -0.540. The molecule has 0 amide bonds. The molecule has 0 saturated carbocycles. The largest absolute Gasteiger partial charge is 0.399 e. The molecule has 2 rings (SSSR count). The second kappa shape index (κ2) is 5.40. The van der Waals surface area contributed by atoms with E-state index in [0.29, 0.717) is 0 Å². The minimum atomic E-state index is 0.809. The Balaban J connectivity index is 2.04. The van der Waals surface area contributed by atoms with Gasteiger partial charge in [0.15, 0.2) is 0 Å². The topological polar surface area (TPSA) is 29.3 Å². The number of halogens is 1. The van der Waals surface area contributed by atoms with Crippen LogP contribution in [-0.2, 0) is 6.54 Å². The van der Waals surface area contributed by atoms with Crippen molar-refractivity contribution in [2.24, 2.45) is 11.8 Å². The van der Waals surface area contributed by atoms with Crippen LogP contribution in [-0.4, -0.2) is 18.0 Å². The second-order valence-electron chi connectivity index (χ2n) is 5.53. The van der Waals surface area contributed by atoms with Crippen LogP contribution in [0, 0.1) is 11.8 Å². The molecule has 1 aliphatic heterocycles. The van der Waals surface area contributed by atoms with Crippen LogP contribution in [0.4, 0.5) is 5.69 Å². The number of nitrogen functional groups attached to an aromatic ring is 1. The maximum atomic E-state index is 5.87. The first-order valence-electron chi connectivity index (χ1n) is 6.30. The Bertz CT molecular complexity index is 362. The quantitative estimate of drug-likeness (QED) is 0.846. The fourth-order valence-corrected chi connectivity index (χ4v) is 3.50. The average molecular weight is 297 g/mol. The maximum Gasteiger partial charge on any atom is 0.0328 e. The third-order valence-electron chi connectivity index (χ3n) is 3.33. The van der Waals surface area contributed by atoms with Gasteiger partial charge in [-0.15, -0.1) is 0 Å². The molecule has 0 spiro atoms. The van der Waals surface area contributed by atoms with E-state index in [1.165, 1.54) is 25.1 Å². The molecule has 0 aromatic heterocycles. The number of anilines is 1. The van der Waals surface area contributed by atoms with E-state index in [0.717, 1.165) is 28.5 Å². The summed E-state index contributed by atoms with van der Waals surface area (Å²) in [4.78, 5) is 2.54. The molecule has 17 heavy (non-hydrogen) atoms. The summed E-state index contributed by atoms with van der Waals surface area (Å²) >= 11 is 3.50. The third-order valence-corrected chi connectivity index (χ3v) is 3.79. The molecule has 2 N–H and O–H groups in total. The molecule has 0 aliphatic carbocycles. The predicted molar refractivity (Wildman–Crippen MR) is 76.8 cm³/mol. The third kappa shape index (κ3) is 3.71. The molecular weight excluding hydrogens is 276 g/mol. The lowest BCUT2D eigenvalue weighted by Crippen LogP contribution is -2.38. The van der Waals surface area contributed by atoms with Gasteiger partial charge in [-0.25, -0.2) is 0 Å². The van der Waals surface area contributed by atoms with E-state index in [1.54, 1.807) is 0 Å². The monoisotopic (exact) mass is 296 g/mol. The van der Waals surface area contributed by atoms with E-state index in [-0.39, 0.29) is 0 Å². The highest BCUT2D eigenvalue weighted by atomic mass is 79.9. The molecular formula is C14H21BrN2. The molecule has 0 radical (unpaired) electrons. The van der Waals surface area contributed by atoms with Crippen molar-refractivity contribution in [1.82, 2.24) is 4.90 Å². The van der Waals surface area contributed by atoms with Gasteiger partial charge in [0.25, 0.3) is 0 Å². The fraction of sp³-hybridized carbons (Fsp3) is 0.571. The molecule has 1 aromatic carbocycles. The van der Waals surface area contributed by atoms with Crippen molar-refractivity contribution < 1.29 is 0 Å². The number of hydrogen-bond acceptors (Lipinski definition) is 2. The maximum absolute atomic E-state index is 5.87. The van der Waals surface area contributed by atoms with Crippen LogP contribution >= 0.6 is 15.9 Å². The summed E-state index contributed by atoms with van der Waals surface area (Å²) in [5.41, 5.74) is 8.01. The van der Waals surface area contributed by atoms with E-state index in [2.05, 4.69) is 46.8 Å². The van der Waals surface area contributed by atoms with Crippen LogP contribution in [0.15, 0.2) is 22.7 Å². The number of rotatable bonds is 2. The number of nitrogens with zero attached hydrogens (tertiary/aromatic N) is 1. The molecule has 94 valence electrons. The molecule has 0 bridgehead atoms. The minimum absolute atomic E-state index is 0.809. The van der Waals surface area contributed by atoms with Crippen molar-refractivity contribution in [1.29, 1.82) is 0 Å². The van der Waals surface area contributed by atoms with Gasteiger partial charge in [-0.05, 0) is 42.0 Å².